The molecule has 0 aliphatic carbocycles. The summed E-state index contributed by atoms with van der Waals surface area (Å²) in [7, 11) is 0. The number of carbonyl (C=O) groups excluding carboxylic acids is 1. The highest BCUT2D eigenvalue weighted by Crippen LogP contribution is 2.26. The van der Waals surface area contributed by atoms with Crippen LogP contribution in [0, 0.1) is 6.92 Å². The van der Waals surface area contributed by atoms with Crippen molar-refractivity contribution in [2.45, 2.75) is 58.2 Å². The van der Waals surface area contributed by atoms with E-state index in [0.29, 0.717) is 5.75 Å². The van der Waals surface area contributed by atoms with Crippen LogP contribution in [0.25, 0.3) is 0 Å². The molecular weight excluding hydrogens is 338 g/mol. The number of hydrogen-bond donors (Lipinski definition) is 2. The number of hydrogen-bond acceptors (Lipinski definition) is 3. The molecule has 0 bridgehead atoms. The highest BCUT2D eigenvalue weighted by atomic mass is 35.5. The Morgan fingerprint density at radius 3 is 2.62 bits per heavy atom. The lowest BCUT2D eigenvalue weighted by Gasteiger charge is -2.24. The van der Waals surface area contributed by atoms with Crippen molar-refractivity contribution in [3.05, 3.63) is 29.3 Å². The topological polar surface area (TPSA) is 50.4 Å². The van der Waals surface area contributed by atoms with Gasteiger partial charge in [-0.3, -0.25) is 10.1 Å². The molecule has 2 rings (SSSR count). The van der Waals surface area contributed by atoms with Crippen LogP contribution in [0.5, 0.6) is 5.75 Å². The molecule has 0 radical (unpaired) electrons. The van der Waals surface area contributed by atoms with Gasteiger partial charge in [0.1, 0.15) is 11.4 Å². The average molecular weight is 363 g/mol. The Bertz CT molecular complexity index is 588. The minimum absolute atomic E-state index is 0. The minimum Gasteiger partial charge on any atom is -0.488 e. The number of halogens is 3. The molecule has 1 amide bonds. The van der Waals surface area contributed by atoms with E-state index in [0.717, 1.165) is 11.1 Å². The molecule has 2 N–H and O–H groups in total. The number of rotatable bonds is 4. The van der Waals surface area contributed by atoms with Crippen molar-refractivity contribution in [2.24, 2.45) is 0 Å². The smallest absolute Gasteiger partial charge is 0.262 e. The van der Waals surface area contributed by atoms with E-state index in [1.54, 1.807) is 0 Å². The predicted molar refractivity (Wildman–Crippen MR) is 92.0 cm³/mol. The number of carbonyl (C=O) groups is 1. The Labute approximate surface area is 147 Å². The molecule has 1 unspecified atom stereocenters. The lowest BCUT2D eigenvalue weighted by molar-refractivity contribution is -0.123. The number of aryl methyl sites for hydroxylation is 1. The standard InChI is InChI=1S/C17H24F2N2O2.ClH/c1-11-5-6-12(14(7-11)23-16(2,3)4)9-20-15(22)13-8-17(18,19)10-21-13;/h5-7,13,21H,8-10H2,1-4H3,(H,20,22);1H. The van der Waals surface area contributed by atoms with Gasteiger partial charge < -0.3 is 10.1 Å². The first-order chi connectivity index (χ1) is 10.6. The van der Waals surface area contributed by atoms with Gasteiger partial charge in [-0.15, -0.1) is 12.4 Å². The van der Waals surface area contributed by atoms with Crippen molar-refractivity contribution in [2.75, 3.05) is 6.54 Å². The molecule has 1 fully saturated rings. The lowest BCUT2D eigenvalue weighted by Crippen LogP contribution is -2.40. The molecule has 1 atom stereocenters. The van der Waals surface area contributed by atoms with Crippen LogP contribution in [0.15, 0.2) is 18.2 Å². The summed E-state index contributed by atoms with van der Waals surface area (Å²) in [6.07, 6.45) is -0.460. The van der Waals surface area contributed by atoms with Gasteiger partial charge in [-0.25, -0.2) is 8.78 Å². The van der Waals surface area contributed by atoms with Crippen molar-refractivity contribution in [1.82, 2.24) is 10.6 Å². The van der Waals surface area contributed by atoms with E-state index in [9.17, 15) is 13.6 Å². The zero-order valence-corrected chi connectivity index (χ0v) is 15.2. The number of ether oxygens (including phenoxy) is 1. The van der Waals surface area contributed by atoms with E-state index in [1.807, 2.05) is 45.9 Å². The third-order valence-electron chi connectivity index (χ3n) is 3.52. The van der Waals surface area contributed by atoms with Gasteiger partial charge in [-0.1, -0.05) is 12.1 Å². The fourth-order valence-corrected chi connectivity index (χ4v) is 2.44. The van der Waals surface area contributed by atoms with E-state index in [1.165, 1.54) is 0 Å². The molecule has 7 heteroatoms. The van der Waals surface area contributed by atoms with Crippen molar-refractivity contribution in [1.29, 1.82) is 0 Å². The summed E-state index contributed by atoms with van der Waals surface area (Å²) >= 11 is 0. The van der Waals surface area contributed by atoms with E-state index in [2.05, 4.69) is 10.6 Å². The van der Waals surface area contributed by atoms with Gasteiger partial charge in [0.25, 0.3) is 5.92 Å². The van der Waals surface area contributed by atoms with Gasteiger partial charge in [0.05, 0.1) is 12.6 Å². The van der Waals surface area contributed by atoms with Crippen LogP contribution in [0.3, 0.4) is 0 Å². The molecule has 1 aliphatic rings. The Hall–Kier alpha value is -1.40. The SMILES string of the molecule is Cc1ccc(CNC(=O)C2CC(F)(F)CN2)c(OC(C)(C)C)c1.Cl. The van der Waals surface area contributed by atoms with Gasteiger partial charge in [0.2, 0.25) is 5.91 Å². The Morgan fingerprint density at radius 2 is 2.08 bits per heavy atom. The molecule has 0 spiro atoms. The highest BCUT2D eigenvalue weighted by Gasteiger charge is 2.42. The van der Waals surface area contributed by atoms with Gasteiger partial charge in [0.15, 0.2) is 0 Å². The van der Waals surface area contributed by atoms with Crippen LogP contribution in [0.4, 0.5) is 8.78 Å². The summed E-state index contributed by atoms with van der Waals surface area (Å²) < 4.78 is 32.2. The second-order valence-electron chi connectivity index (χ2n) is 7.04. The first-order valence-electron chi connectivity index (χ1n) is 7.73. The van der Waals surface area contributed by atoms with Crippen LogP contribution >= 0.6 is 12.4 Å². The maximum atomic E-state index is 13.1. The first kappa shape index (κ1) is 20.6. The molecule has 1 aromatic carbocycles. The minimum atomic E-state index is -2.81. The summed E-state index contributed by atoms with van der Waals surface area (Å²) in [6, 6.07) is 4.88. The van der Waals surface area contributed by atoms with E-state index < -0.39 is 30.8 Å². The maximum absolute atomic E-state index is 13.1. The van der Waals surface area contributed by atoms with E-state index in [4.69, 9.17) is 4.74 Å². The third kappa shape index (κ3) is 5.91. The zero-order valence-electron chi connectivity index (χ0n) is 14.4. The van der Waals surface area contributed by atoms with Crippen molar-refractivity contribution in [3.63, 3.8) is 0 Å². The van der Waals surface area contributed by atoms with Crippen LogP contribution in [0.1, 0.15) is 38.3 Å². The highest BCUT2D eigenvalue weighted by molar-refractivity contribution is 5.85. The largest absolute Gasteiger partial charge is 0.488 e. The summed E-state index contributed by atoms with van der Waals surface area (Å²) in [5.41, 5.74) is 1.52. The summed E-state index contributed by atoms with van der Waals surface area (Å²) in [5.74, 6) is -2.53. The fraction of sp³-hybridized carbons (Fsp3) is 0.588. The second kappa shape index (κ2) is 7.66. The molecule has 1 aliphatic heterocycles. The van der Waals surface area contributed by atoms with Crippen LogP contribution in [-0.4, -0.2) is 30.0 Å². The normalized spacial score (nSPS) is 19.5. The van der Waals surface area contributed by atoms with E-state index in [-0.39, 0.29) is 24.6 Å². The maximum Gasteiger partial charge on any atom is 0.262 e. The van der Waals surface area contributed by atoms with Gasteiger partial charge in [-0.05, 0) is 39.3 Å². The second-order valence-corrected chi connectivity index (χ2v) is 7.04. The molecule has 4 nitrogen and oxygen atoms in total. The molecule has 136 valence electrons. The fourth-order valence-electron chi connectivity index (χ4n) is 2.44. The summed E-state index contributed by atoms with van der Waals surface area (Å²) in [6.45, 7) is 7.59. The predicted octanol–water partition coefficient (Wildman–Crippen LogP) is 3.21. The van der Waals surface area contributed by atoms with Crippen molar-refractivity contribution < 1.29 is 18.3 Å². The Kier molecular flexibility index (Phi) is 6.59. The number of benzene rings is 1. The molecule has 1 aromatic rings. The quantitative estimate of drug-likeness (QED) is 0.864. The molecule has 0 aromatic heterocycles. The number of alkyl halides is 2. The van der Waals surface area contributed by atoms with Gasteiger partial charge >= 0.3 is 0 Å². The summed E-state index contributed by atoms with van der Waals surface area (Å²) in [5, 5.41) is 5.26. The van der Waals surface area contributed by atoms with E-state index >= 15 is 0 Å². The molecular formula is C17H25ClF2N2O2. The van der Waals surface area contributed by atoms with Crippen LogP contribution in [-0.2, 0) is 11.3 Å². The number of amides is 1. The number of nitrogens with one attached hydrogen (secondary N) is 2. The Balaban J connectivity index is 0.00000288. The van der Waals surface area contributed by atoms with Gasteiger partial charge in [-0.2, -0.15) is 0 Å². The third-order valence-corrected chi connectivity index (χ3v) is 3.52. The molecule has 1 saturated heterocycles. The van der Waals surface area contributed by atoms with Crippen LogP contribution < -0.4 is 15.4 Å². The molecule has 24 heavy (non-hydrogen) atoms. The Morgan fingerprint density at radius 1 is 1.42 bits per heavy atom. The summed E-state index contributed by atoms with van der Waals surface area (Å²) in [4.78, 5) is 12.0. The monoisotopic (exact) mass is 362 g/mol. The lowest BCUT2D eigenvalue weighted by atomic mass is 10.1. The van der Waals surface area contributed by atoms with Crippen LogP contribution in [0.2, 0.25) is 0 Å². The average Bonchev–Trinajstić information content (AvgIpc) is 2.76. The zero-order chi connectivity index (χ0) is 17.3. The molecule has 1 heterocycles. The van der Waals surface area contributed by atoms with Crippen molar-refractivity contribution >= 4 is 18.3 Å². The first-order valence-corrected chi connectivity index (χ1v) is 7.73. The van der Waals surface area contributed by atoms with Crippen molar-refractivity contribution in [3.8, 4) is 5.75 Å². The molecule has 0 saturated carbocycles. The van der Waals surface area contributed by atoms with Gasteiger partial charge in [0, 0.05) is 18.5 Å².